The molecule has 4 atom stereocenters. The number of imidazole rings is 1. The molecule has 1 aliphatic rings. The normalized spacial score (nSPS) is 22.7. The monoisotopic (exact) mass is 466 g/mol. The minimum Gasteiger partial charge on any atom is -0.508 e. The molecule has 4 aromatic rings. The molecule has 3 aromatic heterocycles. The van der Waals surface area contributed by atoms with Gasteiger partial charge in [0.25, 0.3) is 0 Å². The molecule has 8 nitrogen and oxygen atoms in total. The van der Waals surface area contributed by atoms with E-state index in [1.807, 2.05) is 13.0 Å². The van der Waals surface area contributed by atoms with Gasteiger partial charge in [0.2, 0.25) is 5.95 Å². The summed E-state index contributed by atoms with van der Waals surface area (Å²) in [6, 6.07) is 6.42. The Labute approximate surface area is 194 Å². The van der Waals surface area contributed by atoms with Gasteiger partial charge in [-0.3, -0.25) is 4.98 Å². The molecule has 176 valence electrons. The molecule has 1 saturated carbocycles. The molecular formula is C24H24F2N6O2. The summed E-state index contributed by atoms with van der Waals surface area (Å²) in [4.78, 5) is 8.61. The second-order valence-corrected chi connectivity index (χ2v) is 8.81. The van der Waals surface area contributed by atoms with Gasteiger partial charge in [0.05, 0.1) is 41.0 Å². The van der Waals surface area contributed by atoms with Crippen LogP contribution in [0, 0.1) is 17.6 Å². The van der Waals surface area contributed by atoms with E-state index < -0.39 is 23.5 Å². The fourth-order valence-corrected chi connectivity index (χ4v) is 4.72. The molecule has 5 N–H and O–H groups in total. The van der Waals surface area contributed by atoms with Crippen molar-refractivity contribution in [3.63, 3.8) is 0 Å². The van der Waals surface area contributed by atoms with Crippen molar-refractivity contribution in [1.82, 2.24) is 19.6 Å². The number of pyridine rings is 1. The van der Waals surface area contributed by atoms with Gasteiger partial charge < -0.3 is 21.3 Å². The number of nitrogens with zero attached hydrogens (tertiary/aromatic N) is 4. The van der Waals surface area contributed by atoms with Crippen LogP contribution in [0.5, 0.6) is 5.75 Å². The number of aliphatic hydroxyl groups is 1. The van der Waals surface area contributed by atoms with Gasteiger partial charge in [-0.1, -0.05) is 6.92 Å². The van der Waals surface area contributed by atoms with Crippen molar-refractivity contribution in [2.24, 2.45) is 11.7 Å². The third-order valence-corrected chi connectivity index (χ3v) is 6.44. The first kappa shape index (κ1) is 22.2. The standard InChI is InChI=1S/C24H24F2N6O2/c1-12-6-13(7-19(27)23(12)34)16-4-5-28-11-21(16)30-24-29-10-14-2-3-20(31-32(14)24)22-17(25)8-15(33)9-18(22)26/h2-5,8-13,19,23,33-34H,6-7,27H2,1H3,(H,29,30). The Balaban J connectivity index is 1.51. The van der Waals surface area contributed by atoms with Crippen molar-refractivity contribution in [1.29, 1.82) is 0 Å². The second kappa shape index (κ2) is 8.62. The van der Waals surface area contributed by atoms with Crippen LogP contribution in [0.15, 0.2) is 48.9 Å². The van der Waals surface area contributed by atoms with Crippen LogP contribution in [-0.2, 0) is 0 Å². The van der Waals surface area contributed by atoms with Crippen LogP contribution in [0.2, 0.25) is 0 Å². The summed E-state index contributed by atoms with van der Waals surface area (Å²) < 4.78 is 30.3. The molecule has 0 spiro atoms. The maximum absolute atomic E-state index is 14.4. The van der Waals surface area contributed by atoms with Crippen molar-refractivity contribution < 1.29 is 19.0 Å². The van der Waals surface area contributed by atoms with Gasteiger partial charge in [0, 0.05) is 24.4 Å². The highest BCUT2D eigenvalue weighted by Crippen LogP contribution is 2.39. The lowest BCUT2D eigenvalue weighted by Gasteiger charge is -2.36. The number of aromatic nitrogens is 4. The Morgan fingerprint density at radius 3 is 2.62 bits per heavy atom. The molecule has 3 heterocycles. The summed E-state index contributed by atoms with van der Waals surface area (Å²) in [6.07, 6.45) is 5.85. The first-order valence-electron chi connectivity index (χ1n) is 11.0. The number of benzene rings is 1. The fourth-order valence-electron chi connectivity index (χ4n) is 4.72. The zero-order valence-electron chi connectivity index (χ0n) is 18.4. The SMILES string of the molecule is CC1CC(c2ccncc2Nc2ncc3ccc(-c4c(F)cc(O)cc4F)nn23)CC(N)C1O. The van der Waals surface area contributed by atoms with Gasteiger partial charge in [-0.05, 0) is 48.4 Å². The summed E-state index contributed by atoms with van der Waals surface area (Å²) in [5, 5.41) is 27.3. The fraction of sp³-hybridized carbons (Fsp3) is 0.292. The molecule has 0 amide bonds. The summed E-state index contributed by atoms with van der Waals surface area (Å²) >= 11 is 0. The molecule has 1 aliphatic carbocycles. The van der Waals surface area contributed by atoms with Gasteiger partial charge >= 0.3 is 0 Å². The molecule has 10 heteroatoms. The van der Waals surface area contributed by atoms with Crippen LogP contribution in [0.4, 0.5) is 20.4 Å². The van der Waals surface area contributed by atoms with Crippen LogP contribution >= 0.6 is 0 Å². The van der Waals surface area contributed by atoms with Crippen molar-refractivity contribution in [2.45, 2.75) is 37.8 Å². The predicted octanol–water partition coefficient (Wildman–Crippen LogP) is 3.72. The van der Waals surface area contributed by atoms with E-state index in [-0.39, 0.29) is 29.1 Å². The minimum absolute atomic E-state index is 0.0519. The van der Waals surface area contributed by atoms with Crippen molar-refractivity contribution in [3.8, 4) is 17.0 Å². The number of anilines is 2. The third kappa shape index (κ3) is 3.95. The van der Waals surface area contributed by atoms with Gasteiger partial charge in [-0.15, -0.1) is 0 Å². The highest BCUT2D eigenvalue weighted by Gasteiger charge is 2.34. The number of nitrogens with one attached hydrogen (secondary N) is 1. The number of phenolic OH excluding ortho intramolecular Hbond substituents is 1. The van der Waals surface area contributed by atoms with Gasteiger partial charge in [-0.25, -0.2) is 13.8 Å². The summed E-state index contributed by atoms with van der Waals surface area (Å²) in [7, 11) is 0. The van der Waals surface area contributed by atoms with Crippen LogP contribution in [-0.4, -0.2) is 41.9 Å². The number of rotatable bonds is 4. The third-order valence-electron chi connectivity index (χ3n) is 6.44. The molecule has 0 radical (unpaired) electrons. The summed E-state index contributed by atoms with van der Waals surface area (Å²) in [6.45, 7) is 1.99. The Bertz CT molecular complexity index is 1330. The van der Waals surface area contributed by atoms with E-state index in [9.17, 15) is 19.0 Å². The second-order valence-electron chi connectivity index (χ2n) is 8.81. The van der Waals surface area contributed by atoms with E-state index in [2.05, 4.69) is 20.4 Å². The van der Waals surface area contributed by atoms with E-state index >= 15 is 0 Å². The van der Waals surface area contributed by atoms with E-state index in [0.29, 0.717) is 23.6 Å². The number of nitrogens with two attached hydrogens (primary N) is 1. The number of phenols is 1. The number of aliphatic hydroxyl groups excluding tert-OH is 1. The minimum atomic E-state index is -0.918. The predicted molar refractivity (Wildman–Crippen MR) is 123 cm³/mol. The van der Waals surface area contributed by atoms with E-state index in [1.165, 1.54) is 10.6 Å². The molecular weight excluding hydrogens is 442 g/mol. The lowest BCUT2D eigenvalue weighted by atomic mass is 9.74. The molecule has 0 bridgehead atoms. The Hall–Kier alpha value is -3.63. The quantitative estimate of drug-likeness (QED) is 0.362. The van der Waals surface area contributed by atoms with Crippen LogP contribution < -0.4 is 11.1 Å². The van der Waals surface area contributed by atoms with Crippen molar-refractivity contribution >= 4 is 17.2 Å². The summed E-state index contributed by atoms with van der Waals surface area (Å²) in [5.41, 5.74) is 8.21. The number of aromatic hydroxyl groups is 1. The Morgan fingerprint density at radius 1 is 1.12 bits per heavy atom. The first-order valence-corrected chi connectivity index (χ1v) is 11.0. The average Bonchev–Trinajstić information content (AvgIpc) is 3.19. The van der Waals surface area contributed by atoms with E-state index in [4.69, 9.17) is 5.73 Å². The zero-order valence-corrected chi connectivity index (χ0v) is 18.4. The Kier molecular flexibility index (Phi) is 5.62. The number of hydrogen-bond acceptors (Lipinski definition) is 7. The smallest absolute Gasteiger partial charge is 0.229 e. The highest BCUT2D eigenvalue weighted by molar-refractivity contribution is 5.66. The van der Waals surface area contributed by atoms with Crippen LogP contribution in [0.25, 0.3) is 16.8 Å². The van der Waals surface area contributed by atoms with Crippen LogP contribution in [0.1, 0.15) is 31.2 Å². The topological polar surface area (TPSA) is 122 Å². The summed E-state index contributed by atoms with van der Waals surface area (Å²) in [5.74, 6) is -1.82. The lowest BCUT2D eigenvalue weighted by Crippen LogP contribution is -2.44. The lowest BCUT2D eigenvalue weighted by molar-refractivity contribution is 0.0521. The zero-order chi connectivity index (χ0) is 24.0. The van der Waals surface area contributed by atoms with Gasteiger partial charge in [0.1, 0.15) is 17.4 Å². The van der Waals surface area contributed by atoms with Gasteiger partial charge in [0.15, 0.2) is 0 Å². The van der Waals surface area contributed by atoms with Crippen molar-refractivity contribution in [2.75, 3.05) is 5.32 Å². The average molecular weight is 466 g/mol. The molecule has 34 heavy (non-hydrogen) atoms. The largest absolute Gasteiger partial charge is 0.508 e. The molecule has 1 aromatic carbocycles. The number of halogens is 2. The molecule has 0 aliphatic heterocycles. The van der Waals surface area contributed by atoms with E-state index in [1.54, 1.807) is 24.7 Å². The van der Waals surface area contributed by atoms with Crippen molar-refractivity contribution in [3.05, 3.63) is 66.1 Å². The molecule has 0 saturated heterocycles. The number of hydrogen-bond donors (Lipinski definition) is 4. The first-order chi connectivity index (χ1) is 16.3. The maximum Gasteiger partial charge on any atom is 0.229 e. The highest BCUT2D eigenvalue weighted by atomic mass is 19.1. The Morgan fingerprint density at radius 2 is 1.88 bits per heavy atom. The maximum atomic E-state index is 14.4. The molecule has 5 rings (SSSR count). The number of fused-ring (bicyclic) bond motifs is 1. The van der Waals surface area contributed by atoms with Gasteiger partial charge in [-0.2, -0.15) is 9.61 Å². The van der Waals surface area contributed by atoms with E-state index in [0.717, 1.165) is 24.1 Å². The van der Waals surface area contributed by atoms with Crippen LogP contribution in [0.3, 0.4) is 0 Å². The molecule has 1 fully saturated rings. The molecule has 4 unspecified atom stereocenters.